The highest BCUT2D eigenvalue weighted by Gasteiger charge is 2.11. The molecule has 3 heteroatoms. The largest absolute Gasteiger partial charge is 0.497 e. The molecule has 1 atom stereocenters. The lowest BCUT2D eigenvalue weighted by atomic mass is 10.1. The predicted octanol–water partition coefficient (Wildman–Crippen LogP) is 3.07. The van der Waals surface area contributed by atoms with Crippen LogP contribution in [0.2, 0.25) is 0 Å². The van der Waals surface area contributed by atoms with Crippen LogP contribution in [0.25, 0.3) is 0 Å². The van der Waals surface area contributed by atoms with Gasteiger partial charge in [0.2, 0.25) is 5.91 Å². The molecule has 0 aliphatic carbocycles. The van der Waals surface area contributed by atoms with Crippen molar-refractivity contribution in [1.82, 2.24) is 0 Å². The summed E-state index contributed by atoms with van der Waals surface area (Å²) in [5, 5.41) is 2.88. The van der Waals surface area contributed by atoms with E-state index in [0.29, 0.717) is 0 Å². The lowest BCUT2D eigenvalue weighted by molar-refractivity contribution is -0.119. The SMILES string of the molecule is CCC[C@H](C)C(=O)Nc1ccc(OC)cc1. The van der Waals surface area contributed by atoms with E-state index in [2.05, 4.69) is 12.2 Å². The molecular formula is C13H19NO2. The molecule has 0 fully saturated rings. The summed E-state index contributed by atoms with van der Waals surface area (Å²) in [6.07, 6.45) is 1.94. The zero-order valence-electron chi connectivity index (χ0n) is 10.1. The van der Waals surface area contributed by atoms with Gasteiger partial charge in [-0.2, -0.15) is 0 Å². The average Bonchev–Trinajstić information content (AvgIpc) is 2.30. The minimum Gasteiger partial charge on any atom is -0.497 e. The highest BCUT2D eigenvalue weighted by Crippen LogP contribution is 2.16. The van der Waals surface area contributed by atoms with Gasteiger partial charge < -0.3 is 10.1 Å². The Labute approximate surface area is 96.8 Å². The van der Waals surface area contributed by atoms with E-state index in [1.54, 1.807) is 7.11 Å². The van der Waals surface area contributed by atoms with Gasteiger partial charge in [0.15, 0.2) is 0 Å². The molecule has 0 saturated carbocycles. The Bertz CT molecular complexity index is 332. The van der Waals surface area contributed by atoms with Crippen molar-refractivity contribution in [2.75, 3.05) is 12.4 Å². The van der Waals surface area contributed by atoms with Crippen LogP contribution in [0, 0.1) is 5.92 Å². The van der Waals surface area contributed by atoms with Crippen molar-refractivity contribution in [3.05, 3.63) is 24.3 Å². The fraction of sp³-hybridized carbons (Fsp3) is 0.462. The summed E-state index contributed by atoms with van der Waals surface area (Å²) < 4.78 is 5.05. The molecule has 88 valence electrons. The first-order valence-corrected chi connectivity index (χ1v) is 5.62. The van der Waals surface area contributed by atoms with Gasteiger partial charge >= 0.3 is 0 Å². The number of amides is 1. The van der Waals surface area contributed by atoms with Crippen molar-refractivity contribution in [2.45, 2.75) is 26.7 Å². The maximum absolute atomic E-state index is 11.7. The summed E-state index contributed by atoms with van der Waals surface area (Å²) >= 11 is 0. The lowest BCUT2D eigenvalue weighted by Gasteiger charge is -2.11. The summed E-state index contributed by atoms with van der Waals surface area (Å²) in [6, 6.07) is 7.35. The molecular weight excluding hydrogens is 202 g/mol. The molecule has 0 spiro atoms. The number of anilines is 1. The van der Waals surface area contributed by atoms with Crippen LogP contribution in [-0.2, 0) is 4.79 Å². The number of carbonyl (C=O) groups is 1. The first-order valence-electron chi connectivity index (χ1n) is 5.62. The standard InChI is InChI=1S/C13H19NO2/c1-4-5-10(2)13(15)14-11-6-8-12(16-3)9-7-11/h6-10H,4-5H2,1-3H3,(H,14,15)/t10-/m0/s1. The van der Waals surface area contributed by atoms with Gasteiger partial charge in [-0.15, -0.1) is 0 Å². The van der Waals surface area contributed by atoms with Crippen molar-refractivity contribution in [2.24, 2.45) is 5.92 Å². The van der Waals surface area contributed by atoms with Crippen LogP contribution in [0.5, 0.6) is 5.75 Å². The van der Waals surface area contributed by atoms with E-state index in [9.17, 15) is 4.79 Å². The van der Waals surface area contributed by atoms with E-state index >= 15 is 0 Å². The lowest BCUT2D eigenvalue weighted by Crippen LogP contribution is -2.20. The highest BCUT2D eigenvalue weighted by atomic mass is 16.5. The Balaban J connectivity index is 2.55. The number of nitrogens with one attached hydrogen (secondary N) is 1. The van der Waals surface area contributed by atoms with Gasteiger partial charge in [-0.3, -0.25) is 4.79 Å². The molecule has 0 aliphatic heterocycles. The van der Waals surface area contributed by atoms with Crippen LogP contribution in [0.3, 0.4) is 0 Å². The summed E-state index contributed by atoms with van der Waals surface area (Å²) in [5.74, 6) is 0.929. The summed E-state index contributed by atoms with van der Waals surface area (Å²) in [4.78, 5) is 11.7. The Morgan fingerprint density at radius 2 is 2.00 bits per heavy atom. The van der Waals surface area contributed by atoms with Crippen molar-refractivity contribution in [3.63, 3.8) is 0 Å². The van der Waals surface area contributed by atoms with Gasteiger partial charge in [0.05, 0.1) is 7.11 Å². The van der Waals surface area contributed by atoms with Gasteiger partial charge in [-0.25, -0.2) is 0 Å². The quantitative estimate of drug-likeness (QED) is 0.829. The van der Waals surface area contributed by atoms with E-state index in [4.69, 9.17) is 4.74 Å². The number of methoxy groups -OCH3 is 1. The minimum absolute atomic E-state index is 0.0621. The number of benzene rings is 1. The molecule has 0 aliphatic rings. The molecule has 16 heavy (non-hydrogen) atoms. The van der Waals surface area contributed by atoms with Gasteiger partial charge in [0.1, 0.15) is 5.75 Å². The molecule has 0 unspecified atom stereocenters. The minimum atomic E-state index is 0.0621. The maximum atomic E-state index is 11.7. The first kappa shape index (κ1) is 12.6. The zero-order valence-corrected chi connectivity index (χ0v) is 10.1. The Hall–Kier alpha value is -1.51. The smallest absolute Gasteiger partial charge is 0.227 e. The molecule has 1 aromatic carbocycles. The second-order valence-corrected chi connectivity index (χ2v) is 3.91. The number of ether oxygens (including phenoxy) is 1. The third-order valence-electron chi connectivity index (χ3n) is 2.53. The number of rotatable bonds is 5. The number of hydrogen-bond donors (Lipinski definition) is 1. The summed E-state index contributed by atoms with van der Waals surface area (Å²) in [7, 11) is 1.62. The Morgan fingerprint density at radius 1 is 1.38 bits per heavy atom. The van der Waals surface area contributed by atoms with Gasteiger partial charge in [-0.05, 0) is 30.7 Å². The molecule has 0 aromatic heterocycles. The van der Waals surface area contributed by atoms with Gasteiger partial charge in [0, 0.05) is 11.6 Å². The molecule has 1 amide bonds. The van der Waals surface area contributed by atoms with Crippen molar-refractivity contribution >= 4 is 11.6 Å². The van der Waals surface area contributed by atoms with E-state index in [1.165, 1.54) is 0 Å². The third kappa shape index (κ3) is 3.57. The van der Waals surface area contributed by atoms with Gasteiger partial charge in [0.25, 0.3) is 0 Å². The molecule has 0 saturated heterocycles. The second kappa shape index (κ2) is 6.16. The van der Waals surface area contributed by atoms with Crippen LogP contribution in [0.1, 0.15) is 26.7 Å². The topological polar surface area (TPSA) is 38.3 Å². The molecule has 0 bridgehead atoms. The number of carbonyl (C=O) groups excluding carboxylic acids is 1. The molecule has 1 N–H and O–H groups in total. The number of hydrogen-bond acceptors (Lipinski definition) is 2. The maximum Gasteiger partial charge on any atom is 0.227 e. The van der Waals surface area contributed by atoms with E-state index in [-0.39, 0.29) is 11.8 Å². The van der Waals surface area contributed by atoms with Crippen molar-refractivity contribution in [1.29, 1.82) is 0 Å². The van der Waals surface area contributed by atoms with Crippen molar-refractivity contribution < 1.29 is 9.53 Å². The van der Waals surface area contributed by atoms with Gasteiger partial charge in [-0.1, -0.05) is 20.3 Å². The fourth-order valence-electron chi connectivity index (χ4n) is 1.50. The molecule has 0 heterocycles. The Kier molecular flexibility index (Phi) is 4.83. The van der Waals surface area contributed by atoms with Crippen LogP contribution in [0.4, 0.5) is 5.69 Å². The molecule has 3 nitrogen and oxygen atoms in total. The van der Waals surface area contributed by atoms with E-state index in [0.717, 1.165) is 24.3 Å². The van der Waals surface area contributed by atoms with Crippen LogP contribution in [-0.4, -0.2) is 13.0 Å². The van der Waals surface area contributed by atoms with Crippen LogP contribution >= 0.6 is 0 Å². The monoisotopic (exact) mass is 221 g/mol. The summed E-state index contributed by atoms with van der Waals surface area (Å²) in [6.45, 7) is 4.03. The van der Waals surface area contributed by atoms with Crippen LogP contribution in [0.15, 0.2) is 24.3 Å². The zero-order chi connectivity index (χ0) is 12.0. The van der Waals surface area contributed by atoms with Crippen LogP contribution < -0.4 is 10.1 Å². The first-order chi connectivity index (χ1) is 7.67. The van der Waals surface area contributed by atoms with E-state index < -0.39 is 0 Å². The molecule has 1 aromatic rings. The second-order valence-electron chi connectivity index (χ2n) is 3.91. The third-order valence-corrected chi connectivity index (χ3v) is 2.53. The normalized spacial score (nSPS) is 11.9. The van der Waals surface area contributed by atoms with Crippen molar-refractivity contribution in [3.8, 4) is 5.75 Å². The predicted molar refractivity (Wildman–Crippen MR) is 65.7 cm³/mol. The highest BCUT2D eigenvalue weighted by molar-refractivity contribution is 5.92. The molecule has 0 radical (unpaired) electrons. The van der Waals surface area contributed by atoms with E-state index in [1.807, 2.05) is 31.2 Å². The Morgan fingerprint density at radius 3 is 2.50 bits per heavy atom. The molecule has 1 rings (SSSR count). The summed E-state index contributed by atoms with van der Waals surface area (Å²) in [5.41, 5.74) is 0.814. The average molecular weight is 221 g/mol. The fourth-order valence-corrected chi connectivity index (χ4v) is 1.50.